The van der Waals surface area contributed by atoms with Gasteiger partial charge in [0.05, 0.1) is 19.3 Å². The van der Waals surface area contributed by atoms with Crippen LogP contribution in [0.2, 0.25) is 39.3 Å². The predicted octanol–water partition coefficient (Wildman–Crippen LogP) is 7.48. The zero-order valence-electron chi connectivity index (χ0n) is 23.2. The molecule has 0 N–H and O–H groups in total. The average Bonchev–Trinajstić information content (AvgIpc) is 2.71. The molecule has 0 aliphatic rings. The summed E-state index contributed by atoms with van der Waals surface area (Å²) < 4.78 is 24.0. The maximum Gasteiger partial charge on any atom is 0.305 e. The zero-order chi connectivity index (χ0) is 25.3. The fraction of sp³-hybridized carbons (Fsp3) is 0.885. The van der Waals surface area contributed by atoms with Crippen molar-refractivity contribution < 1.29 is 23.1 Å². The van der Waals surface area contributed by atoms with Crippen molar-refractivity contribution in [2.75, 3.05) is 14.2 Å². The second-order valence-electron chi connectivity index (χ2n) is 11.0. The van der Waals surface area contributed by atoms with Crippen molar-refractivity contribution in [1.82, 2.24) is 0 Å². The van der Waals surface area contributed by atoms with E-state index in [1.807, 2.05) is 0 Å². The van der Waals surface area contributed by atoms with Gasteiger partial charge in [-0.1, -0.05) is 57.6 Å². The van der Waals surface area contributed by atoms with Gasteiger partial charge in [0, 0.05) is 13.5 Å². The third-order valence-electron chi connectivity index (χ3n) is 5.35. The van der Waals surface area contributed by atoms with E-state index in [0.29, 0.717) is 6.42 Å². The van der Waals surface area contributed by atoms with Crippen LogP contribution in [0.1, 0.15) is 77.6 Å². The minimum absolute atomic E-state index is 0.0688. The number of esters is 1. The van der Waals surface area contributed by atoms with E-state index in [0.717, 1.165) is 44.9 Å². The molecule has 33 heavy (non-hydrogen) atoms. The summed E-state index contributed by atoms with van der Waals surface area (Å²) >= 11 is 0. The maximum atomic E-state index is 11.2. The Balaban J connectivity index is 4.96. The molecule has 0 aliphatic heterocycles. The van der Waals surface area contributed by atoms with Gasteiger partial charge in [-0.3, -0.25) is 4.79 Å². The van der Waals surface area contributed by atoms with E-state index < -0.39 is 16.6 Å². The van der Waals surface area contributed by atoms with Gasteiger partial charge in [0.25, 0.3) is 0 Å². The highest BCUT2D eigenvalue weighted by Crippen LogP contribution is 2.25. The summed E-state index contributed by atoms with van der Waals surface area (Å²) in [6, 6.07) is 0. The molecule has 0 aliphatic carbocycles. The Bertz CT molecular complexity index is 526. The number of allylic oxidation sites excluding steroid dienone is 1. The number of hydrogen-bond donors (Lipinski definition) is 0. The SMILES string of the molecule is CCCCCC(O[Si](C)(C)C)C(O[Si](C)(C)C)C(/C=C\CCCCCCCC(=O)OC)OC. The van der Waals surface area contributed by atoms with Gasteiger partial charge in [-0.15, -0.1) is 0 Å². The smallest absolute Gasteiger partial charge is 0.305 e. The van der Waals surface area contributed by atoms with Crippen LogP contribution in [0.15, 0.2) is 12.2 Å². The fourth-order valence-corrected chi connectivity index (χ4v) is 6.08. The molecule has 0 aromatic carbocycles. The number of carbonyl (C=O) groups is 1. The summed E-state index contributed by atoms with van der Waals surface area (Å²) in [5.74, 6) is -0.107. The Kier molecular flexibility index (Phi) is 17.6. The van der Waals surface area contributed by atoms with Gasteiger partial charge in [0.15, 0.2) is 16.6 Å². The second-order valence-corrected chi connectivity index (χ2v) is 19.9. The molecule has 0 radical (unpaired) electrons. The molecule has 0 saturated carbocycles. The molecule has 7 heteroatoms. The predicted molar refractivity (Wildman–Crippen MR) is 145 cm³/mol. The van der Waals surface area contributed by atoms with Crippen LogP contribution in [0.3, 0.4) is 0 Å². The fourth-order valence-electron chi connectivity index (χ4n) is 3.82. The quantitative estimate of drug-likeness (QED) is 0.0747. The van der Waals surface area contributed by atoms with Crippen LogP contribution in [0.5, 0.6) is 0 Å². The van der Waals surface area contributed by atoms with Crippen LogP contribution in [0.4, 0.5) is 0 Å². The summed E-state index contributed by atoms with van der Waals surface area (Å²) in [6.45, 7) is 15.7. The first kappa shape index (κ1) is 32.5. The zero-order valence-corrected chi connectivity index (χ0v) is 25.2. The number of carbonyl (C=O) groups excluding carboxylic acids is 1. The Hall–Kier alpha value is -0.476. The molecule has 0 aromatic rings. The molecule has 0 spiro atoms. The Morgan fingerprint density at radius 2 is 1.42 bits per heavy atom. The summed E-state index contributed by atoms with van der Waals surface area (Å²) in [4.78, 5) is 11.2. The topological polar surface area (TPSA) is 54.0 Å². The minimum atomic E-state index is -1.78. The molecule has 196 valence electrons. The van der Waals surface area contributed by atoms with Gasteiger partial charge in [0.1, 0.15) is 6.10 Å². The summed E-state index contributed by atoms with van der Waals surface area (Å²) in [7, 11) is -0.264. The molecule has 0 fully saturated rings. The molecule has 0 heterocycles. The first-order valence-corrected chi connectivity index (χ1v) is 19.9. The van der Waals surface area contributed by atoms with Crippen LogP contribution in [-0.2, 0) is 23.1 Å². The highest BCUT2D eigenvalue weighted by Gasteiger charge is 2.36. The normalized spacial score (nSPS) is 15.5. The molecule has 3 unspecified atom stereocenters. The van der Waals surface area contributed by atoms with Crippen LogP contribution < -0.4 is 0 Å². The van der Waals surface area contributed by atoms with Gasteiger partial charge < -0.3 is 18.3 Å². The van der Waals surface area contributed by atoms with E-state index in [1.54, 1.807) is 7.11 Å². The van der Waals surface area contributed by atoms with E-state index >= 15 is 0 Å². The Morgan fingerprint density at radius 1 is 0.818 bits per heavy atom. The maximum absolute atomic E-state index is 11.2. The minimum Gasteiger partial charge on any atom is -0.469 e. The van der Waals surface area contributed by atoms with Crippen molar-refractivity contribution in [2.45, 2.75) is 135 Å². The average molecular weight is 503 g/mol. The van der Waals surface area contributed by atoms with E-state index in [4.69, 9.17) is 13.6 Å². The monoisotopic (exact) mass is 502 g/mol. The van der Waals surface area contributed by atoms with Crippen molar-refractivity contribution in [1.29, 1.82) is 0 Å². The lowest BCUT2D eigenvalue weighted by molar-refractivity contribution is -0.140. The van der Waals surface area contributed by atoms with Crippen molar-refractivity contribution >= 4 is 22.6 Å². The van der Waals surface area contributed by atoms with Gasteiger partial charge in [0.2, 0.25) is 0 Å². The van der Waals surface area contributed by atoms with Crippen LogP contribution >= 0.6 is 0 Å². The molecular weight excluding hydrogens is 448 g/mol. The van der Waals surface area contributed by atoms with E-state index in [1.165, 1.54) is 26.4 Å². The van der Waals surface area contributed by atoms with Gasteiger partial charge >= 0.3 is 5.97 Å². The number of methoxy groups -OCH3 is 2. The van der Waals surface area contributed by atoms with E-state index in [2.05, 4.69) is 63.1 Å². The molecule has 5 nitrogen and oxygen atoms in total. The molecule has 0 amide bonds. The Morgan fingerprint density at radius 3 is 1.97 bits per heavy atom. The van der Waals surface area contributed by atoms with Crippen molar-refractivity contribution in [3.8, 4) is 0 Å². The highest BCUT2D eigenvalue weighted by atomic mass is 28.4. The summed E-state index contributed by atoms with van der Waals surface area (Å²) in [5, 5.41) is 0. The van der Waals surface area contributed by atoms with Gasteiger partial charge in [-0.05, 0) is 65.0 Å². The van der Waals surface area contributed by atoms with Crippen LogP contribution in [0.25, 0.3) is 0 Å². The highest BCUT2D eigenvalue weighted by molar-refractivity contribution is 6.70. The molecule has 0 saturated heterocycles. The van der Waals surface area contributed by atoms with Crippen molar-refractivity contribution in [3.63, 3.8) is 0 Å². The van der Waals surface area contributed by atoms with Gasteiger partial charge in [-0.2, -0.15) is 0 Å². The first-order valence-electron chi connectivity index (χ1n) is 13.1. The largest absolute Gasteiger partial charge is 0.469 e. The number of unbranched alkanes of at least 4 members (excludes halogenated alkanes) is 7. The summed E-state index contributed by atoms with van der Waals surface area (Å²) in [6.07, 6.45) is 16.0. The van der Waals surface area contributed by atoms with E-state index in [9.17, 15) is 4.79 Å². The van der Waals surface area contributed by atoms with Crippen molar-refractivity contribution in [2.24, 2.45) is 0 Å². The standard InChI is InChI=1S/C26H54O5Si2/c1-10-11-17-21-24(30-32(4,5)6)26(31-33(7,8)9)23(28-2)20-18-15-13-12-14-16-19-22-25(27)29-3/h18,20,23-24,26H,10-17,19,21-22H2,1-9H3/b20-18-. The molecule has 0 rings (SSSR count). The van der Waals surface area contributed by atoms with Crippen LogP contribution in [0, 0.1) is 0 Å². The van der Waals surface area contributed by atoms with Crippen LogP contribution in [-0.4, -0.2) is 55.1 Å². The first-order chi connectivity index (χ1) is 15.4. The van der Waals surface area contributed by atoms with Gasteiger partial charge in [-0.25, -0.2) is 0 Å². The Labute approximate surface area is 207 Å². The third-order valence-corrected chi connectivity index (χ3v) is 7.34. The summed E-state index contributed by atoms with van der Waals surface area (Å²) in [5.41, 5.74) is 0. The second kappa shape index (κ2) is 17.9. The molecule has 0 aromatic heterocycles. The van der Waals surface area contributed by atoms with Crippen molar-refractivity contribution in [3.05, 3.63) is 12.2 Å². The van der Waals surface area contributed by atoms with E-state index in [-0.39, 0.29) is 24.3 Å². The lowest BCUT2D eigenvalue weighted by Crippen LogP contribution is -2.50. The number of hydrogen-bond acceptors (Lipinski definition) is 5. The lowest BCUT2D eigenvalue weighted by atomic mass is 10.0. The molecular formula is C26H54O5Si2. The number of rotatable bonds is 20. The number of ether oxygens (including phenoxy) is 2. The third kappa shape index (κ3) is 18.5. The molecule has 3 atom stereocenters. The molecule has 0 bridgehead atoms. The lowest BCUT2D eigenvalue weighted by Gasteiger charge is -2.39.